The van der Waals surface area contributed by atoms with Crippen LogP contribution in [-0.4, -0.2) is 54.4 Å². The van der Waals surface area contributed by atoms with Crippen LogP contribution in [0.2, 0.25) is 5.02 Å². The molecule has 2 aliphatic rings. The Morgan fingerprint density at radius 2 is 1.68 bits per heavy atom. The van der Waals surface area contributed by atoms with Crippen LogP contribution in [0.4, 0.5) is 0 Å². The lowest BCUT2D eigenvalue weighted by molar-refractivity contribution is -0.142. The molecule has 0 aliphatic carbocycles. The van der Waals surface area contributed by atoms with Gasteiger partial charge in [0.15, 0.2) is 0 Å². The monoisotopic (exact) mass is 448 g/mol. The Morgan fingerprint density at radius 1 is 0.968 bits per heavy atom. The Kier molecular flexibility index (Phi) is 9.06. The van der Waals surface area contributed by atoms with Gasteiger partial charge in [-0.1, -0.05) is 31.4 Å². The zero-order valence-corrected chi connectivity index (χ0v) is 19.7. The van der Waals surface area contributed by atoms with Gasteiger partial charge in [0.25, 0.3) is 0 Å². The Morgan fingerprint density at radius 3 is 2.39 bits per heavy atom. The van der Waals surface area contributed by atoms with Gasteiger partial charge in [0.05, 0.1) is 6.61 Å². The number of unbranched alkanes of at least 4 members (excludes halogenated alkanes) is 2. The number of amides is 2. The fraction of sp³-hybridized carbons (Fsp3) is 0.680. The molecule has 31 heavy (non-hydrogen) atoms. The highest BCUT2D eigenvalue weighted by molar-refractivity contribution is 6.30. The molecule has 2 saturated heterocycles. The van der Waals surface area contributed by atoms with Crippen molar-refractivity contribution in [3.63, 3.8) is 0 Å². The van der Waals surface area contributed by atoms with Crippen LogP contribution < -0.4 is 4.74 Å². The van der Waals surface area contributed by atoms with E-state index in [2.05, 4.69) is 6.92 Å². The predicted molar refractivity (Wildman–Crippen MR) is 124 cm³/mol. The molecule has 0 radical (unpaired) electrons. The molecule has 3 rings (SSSR count). The lowest BCUT2D eigenvalue weighted by Crippen LogP contribution is -2.51. The van der Waals surface area contributed by atoms with Crippen LogP contribution in [0.1, 0.15) is 71.1 Å². The highest BCUT2D eigenvalue weighted by Crippen LogP contribution is 2.36. The number of ether oxygens (including phenoxy) is 1. The standard InChI is InChI=1S/C25H37ClN2O3/c1-2-3-5-9-23(29)28-17-8-14-25(19-28,18-24(30)27-15-6-4-7-16-27)20-31-22-12-10-21(26)11-13-22/h10-13H,2-9,14-20H2,1H3/t25-/m0/s1. The second kappa shape index (κ2) is 11.8. The minimum absolute atomic E-state index is 0.208. The summed E-state index contributed by atoms with van der Waals surface area (Å²) in [4.78, 5) is 30.0. The number of rotatable bonds is 9. The van der Waals surface area contributed by atoms with Gasteiger partial charge in [-0.05, 0) is 62.8 Å². The third-order valence-corrected chi connectivity index (χ3v) is 6.85. The number of carbonyl (C=O) groups is 2. The van der Waals surface area contributed by atoms with E-state index in [0.717, 1.165) is 70.3 Å². The second-order valence-electron chi connectivity index (χ2n) is 9.24. The molecular weight excluding hydrogens is 412 g/mol. The smallest absolute Gasteiger partial charge is 0.223 e. The zero-order chi connectivity index (χ0) is 22.1. The third kappa shape index (κ3) is 7.13. The number of hydrogen-bond acceptors (Lipinski definition) is 3. The van der Waals surface area contributed by atoms with Gasteiger partial charge in [0.2, 0.25) is 11.8 Å². The van der Waals surface area contributed by atoms with Crippen LogP contribution in [0.3, 0.4) is 0 Å². The molecule has 2 heterocycles. The van der Waals surface area contributed by atoms with Crippen LogP contribution in [0.5, 0.6) is 5.75 Å². The molecule has 0 spiro atoms. The van der Waals surface area contributed by atoms with E-state index < -0.39 is 0 Å². The first kappa shape index (κ1) is 23.9. The fourth-order valence-corrected chi connectivity index (χ4v) is 4.89. The van der Waals surface area contributed by atoms with Crippen molar-refractivity contribution in [1.82, 2.24) is 9.80 Å². The highest BCUT2D eigenvalue weighted by atomic mass is 35.5. The average molecular weight is 449 g/mol. The Labute approximate surface area is 192 Å². The van der Waals surface area contributed by atoms with E-state index >= 15 is 0 Å². The number of hydrogen-bond donors (Lipinski definition) is 0. The van der Waals surface area contributed by atoms with Crippen LogP contribution in [0, 0.1) is 5.41 Å². The number of carbonyl (C=O) groups excluding carboxylic acids is 2. The summed E-state index contributed by atoms with van der Waals surface area (Å²) in [5, 5.41) is 0.670. The normalized spacial score (nSPS) is 21.7. The van der Waals surface area contributed by atoms with Gasteiger partial charge in [-0.2, -0.15) is 0 Å². The summed E-state index contributed by atoms with van der Waals surface area (Å²) in [6, 6.07) is 7.34. The van der Waals surface area contributed by atoms with E-state index in [4.69, 9.17) is 16.3 Å². The minimum Gasteiger partial charge on any atom is -0.493 e. The van der Waals surface area contributed by atoms with Crippen molar-refractivity contribution < 1.29 is 14.3 Å². The molecule has 172 valence electrons. The summed E-state index contributed by atoms with van der Waals surface area (Å²) in [7, 11) is 0. The summed E-state index contributed by atoms with van der Waals surface area (Å²) in [5.41, 5.74) is -0.340. The van der Waals surface area contributed by atoms with Crippen LogP contribution in [0.15, 0.2) is 24.3 Å². The Hall–Kier alpha value is -1.75. The maximum atomic E-state index is 13.2. The minimum atomic E-state index is -0.340. The molecule has 6 heteroatoms. The van der Waals surface area contributed by atoms with E-state index in [-0.39, 0.29) is 17.2 Å². The largest absolute Gasteiger partial charge is 0.493 e. The maximum absolute atomic E-state index is 13.2. The lowest BCUT2D eigenvalue weighted by atomic mass is 9.77. The van der Waals surface area contributed by atoms with Crippen molar-refractivity contribution in [2.45, 2.75) is 71.1 Å². The van der Waals surface area contributed by atoms with E-state index in [1.807, 2.05) is 34.1 Å². The summed E-state index contributed by atoms with van der Waals surface area (Å²) < 4.78 is 6.15. The van der Waals surface area contributed by atoms with Gasteiger partial charge >= 0.3 is 0 Å². The molecule has 2 amide bonds. The van der Waals surface area contributed by atoms with E-state index in [9.17, 15) is 9.59 Å². The molecular formula is C25H37ClN2O3. The van der Waals surface area contributed by atoms with Gasteiger partial charge in [-0.25, -0.2) is 0 Å². The van der Waals surface area contributed by atoms with Gasteiger partial charge in [-0.3, -0.25) is 9.59 Å². The molecule has 0 bridgehead atoms. The summed E-state index contributed by atoms with van der Waals surface area (Å²) >= 11 is 6.00. The van der Waals surface area contributed by atoms with Gasteiger partial charge in [-0.15, -0.1) is 0 Å². The van der Waals surface area contributed by atoms with E-state index in [0.29, 0.717) is 31.0 Å². The number of halogens is 1. The SMILES string of the molecule is CCCCCC(=O)N1CCC[C@](COc2ccc(Cl)cc2)(CC(=O)N2CCCCC2)C1. The summed E-state index contributed by atoms with van der Waals surface area (Å²) in [6.07, 6.45) is 9.36. The number of likely N-dealkylation sites (tertiary alicyclic amines) is 2. The molecule has 1 atom stereocenters. The van der Waals surface area contributed by atoms with Crippen molar-refractivity contribution in [2.75, 3.05) is 32.8 Å². The van der Waals surface area contributed by atoms with Crippen LogP contribution >= 0.6 is 11.6 Å². The zero-order valence-electron chi connectivity index (χ0n) is 18.9. The maximum Gasteiger partial charge on any atom is 0.223 e. The number of piperidine rings is 2. The average Bonchev–Trinajstić information content (AvgIpc) is 2.79. The number of nitrogens with zero attached hydrogens (tertiary/aromatic N) is 2. The lowest BCUT2D eigenvalue weighted by Gasteiger charge is -2.43. The van der Waals surface area contributed by atoms with Gasteiger partial charge in [0, 0.05) is 49.5 Å². The van der Waals surface area contributed by atoms with Crippen molar-refractivity contribution >= 4 is 23.4 Å². The predicted octanol–water partition coefficient (Wildman–Crippen LogP) is 5.31. The quantitative estimate of drug-likeness (QED) is 0.481. The van der Waals surface area contributed by atoms with Crippen LogP contribution in [-0.2, 0) is 9.59 Å². The Bertz CT molecular complexity index is 718. The molecule has 0 N–H and O–H groups in total. The molecule has 1 aromatic rings. The molecule has 2 fully saturated rings. The van der Waals surface area contributed by atoms with Gasteiger partial charge < -0.3 is 14.5 Å². The number of benzene rings is 1. The first-order chi connectivity index (χ1) is 15.0. The first-order valence-corrected chi connectivity index (χ1v) is 12.3. The molecule has 1 aromatic carbocycles. The summed E-state index contributed by atoms with van der Waals surface area (Å²) in [5.74, 6) is 1.18. The summed E-state index contributed by atoms with van der Waals surface area (Å²) in [6.45, 7) is 5.68. The molecule has 2 aliphatic heterocycles. The first-order valence-electron chi connectivity index (χ1n) is 12.0. The molecule has 0 saturated carbocycles. The topological polar surface area (TPSA) is 49.9 Å². The molecule has 5 nitrogen and oxygen atoms in total. The fourth-order valence-electron chi connectivity index (χ4n) is 4.76. The van der Waals surface area contributed by atoms with E-state index in [1.54, 1.807) is 0 Å². The van der Waals surface area contributed by atoms with Crippen molar-refractivity contribution in [1.29, 1.82) is 0 Å². The molecule has 0 aromatic heterocycles. The Balaban J connectivity index is 1.69. The second-order valence-corrected chi connectivity index (χ2v) is 9.67. The third-order valence-electron chi connectivity index (χ3n) is 6.60. The van der Waals surface area contributed by atoms with Crippen molar-refractivity contribution in [2.24, 2.45) is 5.41 Å². The van der Waals surface area contributed by atoms with Crippen LogP contribution in [0.25, 0.3) is 0 Å². The van der Waals surface area contributed by atoms with Crippen molar-refractivity contribution in [3.8, 4) is 5.75 Å². The van der Waals surface area contributed by atoms with Gasteiger partial charge in [0.1, 0.15) is 5.75 Å². The van der Waals surface area contributed by atoms with Crippen molar-refractivity contribution in [3.05, 3.63) is 29.3 Å². The highest BCUT2D eigenvalue weighted by Gasteiger charge is 2.40. The molecule has 0 unspecified atom stereocenters. The van der Waals surface area contributed by atoms with E-state index in [1.165, 1.54) is 6.42 Å².